The Balaban J connectivity index is 1.53. The Labute approximate surface area is 214 Å². The molecule has 182 valence electrons. The summed E-state index contributed by atoms with van der Waals surface area (Å²) in [5.41, 5.74) is 7.30. The first-order chi connectivity index (χ1) is 17.4. The topological polar surface area (TPSA) is 70.2 Å². The van der Waals surface area contributed by atoms with Crippen LogP contribution in [0.25, 0.3) is 33.6 Å². The zero-order valence-corrected chi connectivity index (χ0v) is 21.4. The molecule has 5 aromatic rings. The summed E-state index contributed by atoms with van der Waals surface area (Å²) in [5, 5.41) is 0.702. The lowest BCUT2D eigenvalue weighted by molar-refractivity contribution is 0.0490. The molecule has 0 unspecified atom stereocenters. The first-order valence-electron chi connectivity index (χ1n) is 11.8. The van der Waals surface area contributed by atoms with E-state index in [1.165, 1.54) is 0 Å². The zero-order valence-electron chi connectivity index (χ0n) is 20.6. The van der Waals surface area contributed by atoms with Crippen LogP contribution in [0.4, 0.5) is 0 Å². The SMILES string of the molecule is CCOC(=O)c1oc(-c2cc(C)c3nc(C)n(Cc4ccc(-c5ccccc5)cc4Cl)c3c2)nc1C. The number of ether oxygens (including phenoxy) is 1. The fraction of sp³-hybridized carbons (Fsp3) is 0.207. The number of halogens is 1. The lowest BCUT2D eigenvalue weighted by atomic mass is 10.0. The molecule has 0 amide bonds. The van der Waals surface area contributed by atoms with Gasteiger partial charge in [0.05, 0.1) is 29.9 Å². The number of aryl methyl sites for hydroxylation is 3. The maximum atomic E-state index is 12.2. The third-order valence-electron chi connectivity index (χ3n) is 6.23. The number of benzene rings is 3. The Bertz CT molecular complexity index is 1580. The van der Waals surface area contributed by atoms with Crippen molar-refractivity contribution < 1.29 is 13.9 Å². The number of imidazole rings is 1. The van der Waals surface area contributed by atoms with Gasteiger partial charge in [0.2, 0.25) is 11.7 Å². The summed E-state index contributed by atoms with van der Waals surface area (Å²) in [5.74, 6) is 0.862. The highest BCUT2D eigenvalue weighted by atomic mass is 35.5. The van der Waals surface area contributed by atoms with Crippen LogP contribution < -0.4 is 0 Å². The van der Waals surface area contributed by atoms with Crippen LogP contribution in [-0.4, -0.2) is 27.1 Å². The van der Waals surface area contributed by atoms with Crippen LogP contribution in [0, 0.1) is 20.8 Å². The van der Waals surface area contributed by atoms with Crippen LogP contribution in [0.1, 0.15) is 40.1 Å². The molecule has 0 aliphatic rings. The molecule has 0 atom stereocenters. The molecule has 7 heteroatoms. The third-order valence-corrected chi connectivity index (χ3v) is 6.58. The van der Waals surface area contributed by atoms with E-state index in [1.807, 2.05) is 50.2 Å². The molecular formula is C29H26ClN3O3. The molecule has 0 fully saturated rings. The van der Waals surface area contributed by atoms with E-state index in [0.717, 1.165) is 44.7 Å². The quantitative estimate of drug-likeness (QED) is 0.232. The average molecular weight is 500 g/mol. The number of carbonyl (C=O) groups excluding carboxylic acids is 1. The predicted molar refractivity (Wildman–Crippen MR) is 141 cm³/mol. The number of oxazole rings is 1. The maximum Gasteiger partial charge on any atom is 0.376 e. The van der Waals surface area contributed by atoms with E-state index in [2.05, 4.69) is 33.8 Å². The van der Waals surface area contributed by atoms with Crippen LogP contribution in [-0.2, 0) is 11.3 Å². The fourth-order valence-electron chi connectivity index (χ4n) is 4.39. The van der Waals surface area contributed by atoms with Crippen molar-refractivity contribution in [2.24, 2.45) is 0 Å². The van der Waals surface area contributed by atoms with Crippen molar-refractivity contribution in [3.8, 4) is 22.6 Å². The lowest BCUT2D eigenvalue weighted by Crippen LogP contribution is -2.04. The smallest absolute Gasteiger partial charge is 0.376 e. The van der Waals surface area contributed by atoms with Gasteiger partial charge in [0.15, 0.2) is 0 Å². The van der Waals surface area contributed by atoms with E-state index in [9.17, 15) is 4.79 Å². The molecule has 2 heterocycles. The molecule has 6 nitrogen and oxygen atoms in total. The number of hydrogen-bond donors (Lipinski definition) is 0. The van der Waals surface area contributed by atoms with E-state index in [0.29, 0.717) is 23.2 Å². The molecule has 3 aromatic carbocycles. The molecule has 36 heavy (non-hydrogen) atoms. The summed E-state index contributed by atoms with van der Waals surface area (Å²) in [6.07, 6.45) is 0. The fourth-order valence-corrected chi connectivity index (χ4v) is 4.63. The minimum atomic E-state index is -0.513. The number of carbonyl (C=O) groups is 1. The second-order valence-electron chi connectivity index (χ2n) is 8.73. The van der Waals surface area contributed by atoms with Gasteiger partial charge in [-0.05, 0) is 68.1 Å². The Kier molecular flexibility index (Phi) is 6.37. The predicted octanol–water partition coefficient (Wildman–Crippen LogP) is 7.16. The normalized spacial score (nSPS) is 11.2. The van der Waals surface area contributed by atoms with Gasteiger partial charge in [0.25, 0.3) is 0 Å². The number of nitrogens with zero attached hydrogens (tertiary/aromatic N) is 3. The van der Waals surface area contributed by atoms with E-state index in [-0.39, 0.29) is 12.4 Å². The molecular weight excluding hydrogens is 474 g/mol. The minimum Gasteiger partial charge on any atom is -0.460 e. The van der Waals surface area contributed by atoms with Crippen molar-refractivity contribution in [1.82, 2.24) is 14.5 Å². The molecule has 0 radical (unpaired) electrons. The highest BCUT2D eigenvalue weighted by Crippen LogP contribution is 2.31. The van der Waals surface area contributed by atoms with Gasteiger partial charge in [-0.15, -0.1) is 0 Å². The van der Waals surface area contributed by atoms with Crippen molar-refractivity contribution in [2.75, 3.05) is 6.61 Å². The Morgan fingerprint density at radius 1 is 0.972 bits per heavy atom. The summed E-state index contributed by atoms with van der Waals surface area (Å²) in [6, 6.07) is 20.3. The van der Waals surface area contributed by atoms with Gasteiger partial charge >= 0.3 is 5.97 Å². The van der Waals surface area contributed by atoms with E-state index >= 15 is 0 Å². The summed E-state index contributed by atoms with van der Waals surface area (Å²) in [7, 11) is 0. The average Bonchev–Trinajstić information content (AvgIpc) is 3.41. The van der Waals surface area contributed by atoms with Crippen molar-refractivity contribution in [3.63, 3.8) is 0 Å². The number of hydrogen-bond acceptors (Lipinski definition) is 5. The standard InChI is InChI=1S/C29H26ClN3O3/c1-5-35-29(34)27-18(3)31-28(36-27)23-13-17(2)26-25(15-23)33(19(4)32-26)16-22-12-11-21(14-24(22)30)20-9-7-6-8-10-20/h6-15H,5,16H2,1-4H3. The number of aromatic nitrogens is 3. The second-order valence-corrected chi connectivity index (χ2v) is 9.14. The molecule has 2 aromatic heterocycles. The molecule has 5 rings (SSSR count). The Hall–Kier alpha value is -3.90. The Morgan fingerprint density at radius 3 is 2.47 bits per heavy atom. The first kappa shape index (κ1) is 23.8. The van der Waals surface area contributed by atoms with Gasteiger partial charge in [-0.3, -0.25) is 0 Å². The largest absolute Gasteiger partial charge is 0.460 e. The monoisotopic (exact) mass is 499 g/mol. The van der Waals surface area contributed by atoms with Crippen molar-refractivity contribution in [1.29, 1.82) is 0 Å². The van der Waals surface area contributed by atoms with Gasteiger partial charge in [0.1, 0.15) is 5.82 Å². The molecule has 0 saturated heterocycles. The molecule has 0 N–H and O–H groups in total. The molecule has 0 spiro atoms. The summed E-state index contributed by atoms with van der Waals surface area (Å²) < 4.78 is 13.0. The third kappa shape index (κ3) is 4.40. The van der Waals surface area contributed by atoms with Crippen molar-refractivity contribution in [3.05, 3.63) is 94.1 Å². The van der Waals surface area contributed by atoms with Crippen LogP contribution in [0.15, 0.2) is 65.1 Å². The van der Waals surface area contributed by atoms with Gasteiger partial charge in [0, 0.05) is 10.6 Å². The Morgan fingerprint density at radius 2 is 1.75 bits per heavy atom. The summed E-state index contributed by atoms with van der Waals surface area (Å²) in [4.78, 5) is 21.5. The highest BCUT2D eigenvalue weighted by Gasteiger charge is 2.21. The van der Waals surface area contributed by atoms with Crippen LogP contribution in [0.5, 0.6) is 0 Å². The first-order valence-corrected chi connectivity index (χ1v) is 12.2. The van der Waals surface area contributed by atoms with Crippen molar-refractivity contribution in [2.45, 2.75) is 34.2 Å². The zero-order chi connectivity index (χ0) is 25.4. The molecule has 0 bridgehead atoms. The van der Waals surface area contributed by atoms with Gasteiger partial charge in [-0.25, -0.2) is 14.8 Å². The lowest BCUT2D eigenvalue weighted by Gasteiger charge is -2.11. The maximum absolute atomic E-state index is 12.2. The second kappa shape index (κ2) is 9.63. The number of fused-ring (bicyclic) bond motifs is 1. The molecule has 0 aliphatic heterocycles. The highest BCUT2D eigenvalue weighted by molar-refractivity contribution is 6.31. The van der Waals surface area contributed by atoms with E-state index < -0.39 is 5.97 Å². The number of esters is 1. The van der Waals surface area contributed by atoms with Crippen LogP contribution in [0.2, 0.25) is 5.02 Å². The van der Waals surface area contributed by atoms with Gasteiger partial charge in [-0.1, -0.05) is 54.1 Å². The van der Waals surface area contributed by atoms with Crippen LogP contribution in [0.3, 0.4) is 0 Å². The summed E-state index contributed by atoms with van der Waals surface area (Å²) in [6.45, 7) is 8.32. The van der Waals surface area contributed by atoms with Gasteiger partial charge in [-0.2, -0.15) is 0 Å². The van der Waals surface area contributed by atoms with Crippen LogP contribution >= 0.6 is 11.6 Å². The molecule has 0 saturated carbocycles. The van der Waals surface area contributed by atoms with E-state index in [4.69, 9.17) is 25.7 Å². The van der Waals surface area contributed by atoms with Gasteiger partial charge < -0.3 is 13.7 Å². The molecule has 0 aliphatic carbocycles. The van der Waals surface area contributed by atoms with Crippen molar-refractivity contribution >= 4 is 28.6 Å². The number of rotatable bonds is 6. The van der Waals surface area contributed by atoms with E-state index in [1.54, 1.807) is 13.8 Å². The minimum absolute atomic E-state index is 0.125. The summed E-state index contributed by atoms with van der Waals surface area (Å²) >= 11 is 6.73.